The van der Waals surface area contributed by atoms with Crippen molar-refractivity contribution >= 4 is 41.1 Å². The van der Waals surface area contributed by atoms with Crippen LogP contribution in [0.4, 0.5) is 0 Å². The van der Waals surface area contributed by atoms with Crippen molar-refractivity contribution in [2.24, 2.45) is 5.92 Å². The van der Waals surface area contributed by atoms with Crippen LogP contribution in [-0.4, -0.2) is 84.0 Å². The van der Waals surface area contributed by atoms with E-state index in [9.17, 15) is 14.7 Å². The van der Waals surface area contributed by atoms with Crippen LogP contribution in [-0.2, 0) is 9.59 Å². The normalized spacial score (nSPS) is 20.7. The minimum Gasteiger partial charge on any atom is -0.396 e. The van der Waals surface area contributed by atoms with E-state index in [0.29, 0.717) is 42.0 Å². The highest BCUT2D eigenvalue weighted by Gasteiger charge is 2.23. The Balaban J connectivity index is 1.41. The van der Waals surface area contributed by atoms with E-state index in [4.69, 9.17) is 23.2 Å². The van der Waals surface area contributed by atoms with Crippen LogP contribution in [0.3, 0.4) is 0 Å². The van der Waals surface area contributed by atoms with Gasteiger partial charge in [-0.05, 0) is 68.5 Å². The van der Waals surface area contributed by atoms with Gasteiger partial charge in [-0.1, -0.05) is 29.3 Å². The number of rotatable bonds is 8. The lowest BCUT2D eigenvalue weighted by Crippen LogP contribution is -2.38. The smallest absolute Gasteiger partial charge is 0.246 e. The van der Waals surface area contributed by atoms with Crippen molar-refractivity contribution in [1.29, 1.82) is 0 Å². The molecule has 2 aliphatic rings. The third-order valence-electron chi connectivity index (χ3n) is 6.28. The fourth-order valence-electron chi connectivity index (χ4n) is 4.35. The van der Waals surface area contributed by atoms with Gasteiger partial charge in [0.2, 0.25) is 11.8 Å². The lowest BCUT2D eigenvalue weighted by Gasteiger charge is -2.32. The first kappa shape index (κ1) is 25.0. The molecule has 2 fully saturated rings. The third-order valence-corrected chi connectivity index (χ3v) is 7.01. The van der Waals surface area contributed by atoms with Crippen molar-refractivity contribution in [2.45, 2.75) is 32.1 Å². The van der Waals surface area contributed by atoms with Gasteiger partial charge in [0.05, 0.1) is 10.0 Å². The first-order chi connectivity index (χ1) is 15.5. The minimum absolute atomic E-state index is 0.103. The SMILES string of the molecule is O=C(/C=C/c1ccc(Cl)c(Cl)c1)N1CCC(=O)N(CCCCN2CCCC(CO)C2)CC1. The number of piperidine rings is 1. The van der Waals surface area contributed by atoms with Gasteiger partial charge in [0, 0.05) is 51.8 Å². The predicted molar refractivity (Wildman–Crippen MR) is 129 cm³/mol. The van der Waals surface area contributed by atoms with Gasteiger partial charge in [0.25, 0.3) is 0 Å². The van der Waals surface area contributed by atoms with Crippen molar-refractivity contribution < 1.29 is 14.7 Å². The summed E-state index contributed by atoms with van der Waals surface area (Å²) in [6.07, 6.45) is 7.87. The molecule has 2 aliphatic heterocycles. The number of carbonyl (C=O) groups is 2. The Morgan fingerprint density at radius 1 is 1.09 bits per heavy atom. The van der Waals surface area contributed by atoms with E-state index in [1.165, 1.54) is 6.08 Å². The molecule has 0 bridgehead atoms. The van der Waals surface area contributed by atoms with Crippen LogP contribution < -0.4 is 0 Å². The van der Waals surface area contributed by atoms with Gasteiger partial charge >= 0.3 is 0 Å². The zero-order valence-corrected chi connectivity index (χ0v) is 20.0. The second-order valence-corrected chi connectivity index (χ2v) is 9.48. The van der Waals surface area contributed by atoms with Crippen LogP contribution in [0.2, 0.25) is 10.0 Å². The molecular formula is C24H33Cl2N3O3. The van der Waals surface area contributed by atoms with Gasteiger partial charge < -0.3 is 19.8 Å². The molecule has 1 unspecified atom stereocenters. The third kappa shape index (κ3) is 7.48. The fourth-order valence-corrected chi connectivity index (χ4v) is 4.66. The average Bonchev–Trinajstić information content (AvgIpc) is 2.99. The number of hydrogen-bond donors (Lipinski definition) is 1. The summed E-state index contributed by atoms with van der Waals surface area (Å²) in [4.78, 5) is 31.2. The van der Waals surface area contributed by atoms with Gasteiger partial charge in [0.1, 0.15) is 0 Å². The molecule has 0 saturated carbocycles. The van der Waals surface area contributed by atoms with Crippen LogP contribution in [0.1, 0.15) is 37.7 Å². The number of benzene rings is 1. The van der Waals surface area contributed by atoms with E-state index in [-0.39, 0.29) is 18.4 Å². The number of amides is 2. The monoisotopic (exact) mass is 481 g/mol. The van der Waals surface area contributed by atoms with Crippen molar-refractivity contribution in [3.05, 3.63) is 39.9 Å². The highest BCUT2D eigenvalue weighted by atomic mass is 35.5. The zero-order valence-electron chi connectivity index (χ0n) is 18.5. The molecule has 0 aromatic heterocycles. The predicted octanol–water partition coefficient (Wildman–Crippen LogP) is 3.55. The summed E-state index contributed by atoms with van der Waals surface area (Å²) in [6.45, 7) is 5.66. The van der Waals surface area contributed by atoms with Gasteiger partial charge in [-0.2, -0.15) is 0 Å². The Hall–Kier alpha value is -1.60. The number of unbranched alkanes of at least 4 members (excludes halogenated alkanes) is 1. The minimum atomic E-state index is -0.103. The Labute approximate surface area is 200 Å². The van der Waals surface area contributed by atoms with Crippen LogP contribution in [0, 0.1) is 5.92 Å². The van der Waals surface area contributed by atoms with Crippen LogP contribution in [0.25, 0.3) is 6.08 Å². The van der Waals surface area contributed by atoms with Gasteiger partial charge in [-0.3, -0.25) is 9.59 Å². The van der Waals surface area contributed by atoms with E-state index >= 15 is 0 Å². The molecule has 0 spiro atoms. The maximum atomic E-state index is 12.6. The maximum Gasteiger partial charge on any atom is 0.246 e. The number of aliphatic hydroxyl groups is 1. The molecular weight excluding hydrogens is 449 g/mol. The zero-order chi connectivity index (χ0) is 22.9. The molecule has 176 valence electrons. The van der Waals surface area contributed by atoms with E-state index in [0.717, 1.165) is 57.4 Å². The van der Waals surface area contributed by atoms with Crippen LogP contribution in [0.15, 0.2) is 24.3 Å². The standard InChI is InChI=1S/C24H33Cl2N3O3/c25-21-7-5-19(16-22(21)26)6-8-23(31)29-13-9-24(32)28(14-15-29)12-2-1-10-27-11-3-4-20(17-27)18-30/h5-8,16,20,30H,1-4,9-15,17-18H2/b8-6+. The van der Waals surface area contributed by atoms with E-state index in [2.05, 4.69) is 4.90 Å². The maximum absolute atomic E-state index is 12.6. The van der Waals surface area contributed by atoms with E-state index in [1.807, 2.05) is 4.90 Å². The van der Waals surface area contributed by atoms with Gasteiger partial charge in [-0.15, -0.1) is 0 Å². The molecule has 2 heterocycles. The molecule has 2 saturated heterocycles. The van der Waals surface area contributed by atoms with E-state index in [1.54, 1.807) is 29.2 Å². The summed E-state index contributed by atoms with van der Waals surface area (Å²) in [5, 5.41) is 10.3. The number of likely N-dealkylation sites (tertiary alicyclic amines) is 1. The number of nitrogens with zero attached hydrogens (tertiary/aromatic N) is 3. The number of hydrogen-bond acceptors (Lipinski definition) is 4. The fraction of sp³-hybridized carbons (Fsp3) is 0.583. The summed E-state index contributed by atoms with van der Waals surface area (Å²) in [5.41, 5.74) is 0.805. The summed E-state index contributed by atoms with van der Waals surface area (Å²) in [6, 6.07) is 5.22. The second kappa shape index (κ2) is 12.6. The number of aliphatic hydroxyl groups excluding tert-OH is 1. The largest absolute Gasteiger partial charge is 0.396 e. The molecule has 8 heteroatoms. The highest BCUT2D eigenvalue weighted by molar-refractivity contribution is 6.42. The second-order valence-electron chi connectivity index (χ2n) is 8.66. The van der Waals surface area contributed by atoms with E-state index < -0.39 is 0 Å². The Kier molecular flexibility index (Phi) is 9.85. The van der Waals surface area contributed by atoms with Crippen molar-refractivity contribution in [1.82, 2.24) is 14.7 Å². The quantitative estimate of drug-likeness (QED) is 0.455. The lowest BCUT2D eigenvalue weighted by molar-refractivity contribution is -0.130. The molecule has 1 aromatic rings. The molecule has 3 rings (SSSR count). The topological polar surface area (TPSA) is 64.1 Å². The summed E-state index contributed by atoms with van der Waals surface area (Å²) in [7, 11) is 0. The molecule has 6 nitrogen and oxygen atoms in total. The molecule has 1 N–H and O–H groups in total. The molecule has 0 radical (unpaired) electrons. The molecule has 0 aliphatic carbocycles. The Bertz CT molecular complexity index is 818. The van der Waals surface area contributed by atoms with Crippen molar-refractivity contribution in [3.8, 4) is 0 Å². The Morgan fingerprint density at radius 3 is 2.69 bits per heavy atom. The number of halogens is 2. The molecule has 1 aromatic carbocycles. The first-order valence-electron chi connectivity index (χ1n) is 11.5. The highest BCUT2D eigenvalue weighted by Crippen LogP contribution is 2.23. The summed E-state index contributed by atoms with van der Waals surface area (Å²) >= 11 is 12.0. The Morgan fingerprint density at radius 2 is 1.91 bits per heavy atom. The molecule has 2 amide bonds. The van der Waals surface area contributed by atoms with Crippen LogP contribution in [0.5, 0.6) is 0 Å². The average molecular weight is 482 g/mol. The molecule has 1 atom stereocenters. The van der Waals surface area contributed by atoms with Gasteiger partial charge in [-0.25, -0.2) is 0 Å². The van der Waals surface area contributed by atoms with Crippen molar-refractivity contribution in [2.75, 3.05) is 52.4 Å². The summed E-state index contributed by atoms with van der Waals surface area (Å²) in [5.74, 6) is 0.423. The molecule has 32 heavy (non-hydrogen) atoms. The summed E-state index contributed by atoms with van der Waals surface area (Å²) < 4.78 is 0. The number of carbonyl (C=O) groups excluding carboxylic acids is 2. The first-order valence-corrected chi connectivity index (χ1v) is 12.2. The van der Waals surface area contributed by atoms with Crippen molar-refractivity contribution in [3.63, 3.8) is 0 Å². The van der Waals surface area contributed by atoms with Gasteiger partial charge in [0.15, 0.2) is 0 Å². The van der Waals surface area contributed by atoms with Crippen LogP contribution >= 0.6 is 23.2 Å². The lowest BCUT2D eigenvalue weighted by atomic mass is 9.99.